The van der Waals surface area contributed by atoms with Gasteiger partial charge in [-0.15, -0.1) is 0 Å². The lowest BCUT2D eigenvalue weighted by Gasteiger charge is -2.33. The summed E-state index contributed by atoms with van der Waals surface area (Å²) in [6.45, 7) is 5.80. The Morgan fingerprint density at radius 1 is 1.08 bits per heavy atom. The van der Waals surface area contributed by atoms with E-state index in [4.69, 9.17) is 4.74 Å². The molecule has 0 radical (unpaired) electrons. The molecule has 2 aromatic rings. The van der Waals surface area contributed by atoms with Crippen molar-refractivity contribution in [3.63, 3.8) is 0 Å². The molecule has 2 aromatic carbocycles. The van der Waals surface area contributed by atoms with E-state index in [1.165, 1.54) is 11.3 Å². The summed E-state index contributed by atoms with van der Waals surface area (Å²) >= 11 is 0. The highest BCUT2D eigenvalue weighted by Gasteiger charge is 2.31. The number of benzene rings is 2. The quantitative estimate of drug-likeness (QED) is 0.474. The first kappa shape index (κ1) is 28.5. The summed E-state index contributed by atoms with van der Waals surface area (Å²) in [5, 5.41) is 3.11. The van der Waals surface area contributed by atoms with Gasteiger partial charge in [0.25, 0.3) is 0 Å². The number of amides is 2. The molecule has 0 heterocycles. The number of sulfonamides is 1. The van der Waals surface area contributed by atoms with E-state index in [9.17, 15) is 18.0 Å². The third-order valence-electron chi connectivity index (χ3n) is 6.67. The Morgan fingerprint density at radius 2 is 1.76 bits per heavy atom. The van der Waals surface area contributed by atoms with E-state index >= 15 is 0 Å². The van der Waals surface area contributed by atoms with Crippen LogP contribution < -0.4 is 14.4 Å². The number of anilines is 1. The molecule has 1 atom stereocenters. The molecule has 0 aromatic heterocycles. The van der Waals surface area contributed by atoms with Crippen LogP contribution in [0.3, 0.4) is 0 Å². The molecule has 0 aliphatic heterocycles. The summed E-state index contributed by atoms with van der Waals surface area (Å²) in [4.78, 5) is 28.4. The van der Waals surface area contributed by atoms with Crippen molar-refractivity contribution in [2.24, 2.45) is 0 Å². The Hall–Kier alpha value is -3.07. The molecule has 0 saturated heterocycles. The first-order valence-corrected chi connectivity index (χ1v) is 14.8. The summed E-state index contributed by atoms with van der Waals surface area (Å²) in [6.07, 6.45) is 6.27. The topological polar surface area (TPSA) is 96.0 Å². The van der Waals surface area contributed by atoms with Crippen LogP contribution in [0.4, 0.5) is 5.69 Å². The van der Waals surface area contributed by atoms with Crippen LogP contribution in [0.1, 0.15) is 57.1 Å². The van der Waals surface area contributed by atoms with Crippen LogP contribution in [0.25, 0.3) is 0 Å². The molecule has 37 heavy (non-hydrogen) atoms. The number of carbonyl (C=O) groups is 2. The number of rotatable bonds is 11. The van der Waals surface area contributed by atoms with Gasteiger partial charge in [-0.25, -0.2) is 8.42 Å². The molecule has 1 N–H and O–H groups in total. The average molecular weight is 530 g/mol. The molecule has 1 aliphatic carbocycles. The molecule has 1 aliphatic rings. The van der Waals surface area contributed by atoms with Crippen LogP contribution in [0.15, 0.2) is 48.5 Å². The second kappa shape index (κ2) is 12.9. The normalized spacial score (nSPS) is 15.0. The van der Waals surface area contributed by atoms with Crippen LogP contribution in [0.5, 0.6) is 5.75 Å². The van der Waals surface area contributed by atoms with Gasteiger partial charge in [-0.05, 0) is 63.4 Å². The van der Waals surface area contributed by atoms with Gasteiger partial charge in [-0.1, -0.05) is 49.1 Å². The minimum atomic E-state index is -3.78. The van der Waals surface area contributed by atoms with E-state index in [1.807, 2.05) is 38.1 Å². The average Bonchev–Trinajstić information content (AvgIpc) is 2.86. The Kier molecular flexibility index (Phi) is 9.97. The molecular weight excluding hydrogens is 490 g/mol. The van der Waals surface area contributed by atoms with Crippen molar-refractivity contribution < 1.29 is 22.7 Å². The zero-order valence-electron chi connectivity index (χ0n) is 22.3. The van der Waals surface area contributed by atoms with Crippen molar-refractivity contribution in [3.8, 4) is 5.75 Å². The van der Waals surface area contributed by atoms with Crippen LogP contribution >= 0.6 is 0 Å². The van der Waals surface area contributed by atoms with Gasteiger partial charge < -0.3 is 15.0 Å². The third-order valence-corrected chi connectivity index (χ3v) is 7.81. The maximum Gasteiger partial charge on any atom is 0.244 e. The van der Waals surface area contributed by atoms with Gasteiger partial charge in [-0.3, -0.25) is 13.9 Å². The van der Waals surface area contributed by atoms with Gasteiger partial charge in [0.15, 0.2) is 0 Å². The zero-order valence-corrected chi connectivity index (χ0v) is 23.1. The second-order valence-electron chi connectivity index (χ2n) is 9.73. The Morgan fingerprint density at radius 3 is 2.35 bits per heavy atom. The molecule has 1 fully saturated rings. The Bertz CT molecular complexity index is 1160. The molecule has 3 rings (SSSR count). The molecule has 0 spiro atoms. The Balaban J connectivity index is 1.85. The highest BCUT2D eigenvalue weighted by atomic mass is 32.2. The number of ether oxygens (including phenoxy) is 1. The fourth-order valence-electron chi connectivity index (χ4n) is 4.65. The van der Waals surface area contributed by atoms with Crippen LogP contribution in [0.2, 0.25) is 0 Å². The SMILES string of the molecule is CCOc1ccc(N(CC(=O)N(Cc2cccc(C)c2)C(C)C(=O)NC2CCCCC2)S(C)(=O)=O)cc1. The van der Waals surface area contributed by atoms with E-state index in [2.05, 4.69) is 5.32 Å². The lowest BCUT2D eigenvalue weighted by Crippen LogP contribution is -2.52. The second-order valence-corrected chi connectivity index (χ2v) is 11.6. The summed E-state index contributed by atoms with van der Waals surface area (Å²) in [5.74, 6) is -0.0629. The number of carbonyl (C=O) groups excluding carboxylic acids is 2. The van der Waals surface area contributed by atoms with E-state index in [0.717, 1.165) is 47.4 Å². The largest absolute Gasteiger partial charge is 0.494 e. The maximum absolute atomic E-state index is 13.7. The van der Waals surface area contributed by atoms with Gasteiger partial charge in [0, 0.05) is 12.6 Å². The summed E-state index contributed by atoms with van der Waals surface area (Å²) < 4.78 is 32.0. The van der Waals surface area contributed by atoms with Crippen molar-refractivity contribution in [1.82, 2.24) is 10.2 Å². The third kappa shape index (κ3) is 8.21. The highest BCUT2D eigenvalue weighted by molar-refractivity contribution is 7.92. The predicted molar refractivity (Wildman–Crippen MR) is 146 cm³/mol. The van der Waals surface area contributed by atoms with E-state index in [-0.39, 0.29) is 18.5 Å². The maximum atomic E-state index is 13.7. The standard InChI is InChI=1S/C28H39N3O5S/c1-5-36-26-16-14-25(15-17-26)31(37(4,34)35)20-27(32)30(19-23-11-9-10-21(2)18-23)22(3)28(33)29-24-12-7-6-8-13-24/h9-11,14-18,22,24H,5-8,12-13,19-20H2,1-4H3,(H,29,33). The summed E-state index contributed by atoms with van der Waals surface area (Å²) in [6, 6.07) is 13.7. The van der Waals surface area contributed by atoms with Gasteiger partial charge in [0.05, 0.1) is 18.6 Å². The molecule has 202 valence electrons. The minimum absolute atomic E-state index is 0.107. The van der Waals surface area contributed by atoms with Gasteiger partial charge in [-0.2, -0.15) is 0 Å². The summed E-state index contributed by atoms with van der Waals surface area (Å²) in [5.41, 5.74) is 2.27. The monoisotopic (exact) mass is 529 g/mol. The number of nitrogens with one attached hydrogen (secondary N) is 1. The van der Waals surface area contributed by atoms with E-state index < -0.39 is 28.5 Å². The molecule has 1 unspecified atom stereocenters. The minimum Gasteiger partial charge on any atom is -0.494 e. The van der Waals surface area contributed by atoms with Gasteiger partial charge in [0.1, 0.15) is 18.3 Å². The number of nitrogens with zero attached hydrogens (tertiary/aromatic N) is 2. The van der Waals surface area contributed by atoms with Crippen molar-refractivity contribution in [2.45, 2.75) is 71.5 Å². The first-order valence-electron chi connectivity index (χ1n) is 12.9. The molecule has 1 saturated carbocycles. The fraction of sp³-hybridized carbons (Fsp3) is 0.500. The molecule has 2 amide bonds. The molecule has 8 nitrogen and oxygen atoms in total. The molecular formula is C28H39N3O5S. The Labute approximate surface area is 221 Å². The zero-order chi connectivity index (χ0) is 27.0. The number of aryl methyl sites for hydroxylation is 1. The smallest absolute Gasteiger partial charge is 0.244 e. The van der Waals surface area contributed by atoms with Crippen molar-refractivity contribution in [2.75, 3.05) is 23.7 Å². The summed E-state index contributed by atoms with van der Waals surface area (Å²) in [7, 11) is -3.78. The lowest BCUT2D eigenvalue weighted by atomic mass is 9.95. The first-order chi connectivity index (χ1) is 17.6. The molecule has 0 bridgehead atoms. The van der Waals surface area contributed by atoms with Gasteiger partial charge >= 0.3 is 0 Å². The highest BCUT2D eigenvalue weighted by Crippen LogP contribution is 2.23. The van der Waals surface area contributed by atoms with Crippen molar-refractivity contribution in [3.05, 3.63) is 59.7 Å². The predicted octanol–water partition coefficient (Wildman–Crippen LogP) is 4.03. The van der Waals surface area contributed by atoms with Crippen molar-refractivity contribution in [1.29, 1.82) is 0 Å². The van der Waals surface area contributed by atoms with E-state index in [1.54, 1.807) is 31.2 Å². The van der Waals surface area contributed by atoms with Gasteiger partial charge in [0.2, 0.25) is 21.8 Å². The van der Waals surface area contributed by atoms with Crippen molar-refractivity contribution >= 4 is 27.5 Å². The molecule has 9 heteroatoms. The van der Waals surface area contributed by atoms with Crippen LogP contribution in [-0.4, -0.2) is 56.6 Å². The van der Waals surface area contributed by atoms with Crippen LogP contribution in [0, 0.1) is 6.92 Å². The number of hydrogen-bond donors (Lipinski definition) is 1. The van der Waals surface area contributed by atoms with E-state index in [0.29, 0.717) is 18.0 Å². The number of hydrogen-bond acceptors (Lipinski definition) is 5. The fourth-order valence-corrected chi connectivity index (χ4v) is 5.50. The lowest BCUT2D eigenvalue weighted by molar-refractivity contribution is -0.139. The van der Waals surface area contributed by atoms with Crippen LogP contribution in [-0.2, 0) is 26.2 Å².